The predicted octanol–water partition coefficient (Wildman–Crippen LogP) is 7.05. The van der Waals surface area contributed by atoms with Crippen molar-refractivity contribution in [2.75, 3.05) is 0 Å². The summed E-state index contributed by atoms with van der Waals surface area (Å²) in [6, 6.07) is 0. The van der Waals surface area contributed by atoms with Gasteiger partial charge in [-0.25, -0.2) is 0 Å². The van der Waals surface area contributed by atoms with Gasteiger partial charge in [-0.2, -0.15) is 0 Å². The molecule has 8 bridgehead atoms. The Hall–Kier alpha value is -2.28. The summed E-state index contributed by atoms with van der Waals surface area (Å²) in [7, 11) is 0. The van der Waals surface area contributed by atoms with E-state index < -0.39 is 23.7 Å². The first kappa shape index (κ1) is 43.8. The first-order valence-electron chi connectivity index (χ1n) is 21.5. The Morgan fingerprint density at radius 1 is 0.455 bits per heavy atom. The van der Waals surface area contributed by atoms with Crippen LogP contribution in [0.3, 0.4) is 0 Å². The lowest BCUT2D eigenvalue weighted by Gasteiger charge is -2.28. The van der Waals surface area contributed by atoms with E-state index in [-0.39, 0.29) is 103 Å². The van der Waals surface area contributed by atoms with Crippen molar-refractivity contribution in [3.8, 4) is 0 Å². The molecule has 16 atom stereocenters. The third kappa shape index (κ3) is 11.9. The van der Waals surface area contributed by atoms with Crippen molar-refractivity contribution in [3.05, 3.63) is 0 Å². The molecule has 0 aliphatic carbocycles. The van der Waals surface area contributed by atoms with Gasteiger partial charge in [0.15, 0.2) is 0 Å². The van der Waals surface area contributed by atoms with Crippen molar-refractivity contribution in [2.45, 2.75) is 219 Å². The molecule has 5 aliphatic rings. The van der Waals surface area contributed by atoms with Crippen molar-refractivity contribution in [1.82, 2.24) is 0 Å². The van der Waals surface area contributed by atoms with Gasteiger partial charge in [-0.3, -0.25) is 19.2 Å². The molecular weight excluding hydrogens is 708 g/mol. The number of cyclic esters (lactones) is 4. The van der Waals surface area contributed by atoms with Crippen LogP contribution in [0.4, 0.5) is 0 Å². The van der Waals surface area contributed by atoms with Gasteiger partial charge in [0.05, 0.1) is 72.5 Å². The summed E-state index contributed by atoms with van der Waals surface area (Å²) in [6.07, 6.45) is 5.93. The van der Waals surface area contributed by atoms with Crippen LogP contribution in [0, 0.1) is 29.6 Å². The lowest BCUT2D eigenvalue weighted by molar-refractivity contribution is -0.164. The molecule has 0 aromatic carbocycles. The fraction of sp³-hybridized carbons (Fsp3) is 0.907. The predicted molar refractivity (Wildman–Crippen MR) is 203 cm³/mol. The van der Waals surface area contributed by atoms with E-state index in [0.717, 1.165) is 51.4 Å². The molecular formula is C43H70O12. The molecule has 5 saturated heterocycles. The maximum Gasteiger partial charge on any atom is 0.311 e. The van der Waals surface area contributed by atoms with E-state index in [1.807, 2.05) is 62.3 Å². The topological polar surface area (TPSA) is 142 Å². The van der Waals surface area contributed by atoms with E-state index in [1.165, 1.54) is 0 Å². The van der Waals surface area contributed by atoms with Crippen molar-refractivity contribution in [3.63, 3.8) is 0 Å². The van der Waals surface area contributed by atoms with Crippen LogP contribution < -0.4 is 0 Å². The Labute approximate surface area is 329 Å². The molecule has 55 heavy (non-hydrogen) atoms. The van der Waals surface area contributed by atoms with Crippen molar-refractivity contribution >= 4 is 23.9 Å². The standard InChI is InChI=1S/C43H70O12/c1-10-30-21-33-13-17-35(52-33)26(6)40(44)48-25(5)20-32-12-16-38(51-32)29(9)43(47)55-39(23(2)3)22-34-14-18-36(53-34)27(7)41(45)49-24(4)19-31-11-15-37(50-31)28(8)42(46)54-30/h23-39H,10-22H2,1-9H3/t24-,25-,26-,27-,28+,29+,30+,31-,32-,33+,34+,35-,36-,37+,38+,39-/m1/s1. The van der Waals surface area contributed by atoms with Crippen LogP contribution in [0.25, 0.3) is 0 Å². The van der Waals surface area contributed by atoms with E-state index in [4.69, 9.17) is 37.9 Å². The van der Waals surface area contributed by atoms with Crippen LogP contribution in [0.2, 0.25) is 0 Å². The van der Waals surface area contributed by atoms with Crippen LogP contribution in [0.15, 0.2) is 0 Å². The maximum atomic E-state index is 13.4. The number of carbonyl (C=O) groups is 4. The van der Waals surface area contributed by atoms with Crippen LogP contribution in [0.5, 0.6) is 0 Å². The average molecular weight is 779 g/mol. The number of rotatable bonds is 2. The molecule has 0 radical (unpaired) electrons. The van der Waals surface area contributed by atoms with Gasteiger partial charge in [-0.05, 0) is 105 Å². The molecule has 0 spiro atoms. The Bertz CT molecular complexity index is 1290. The summed E-state index contributed by atoms with van der Waals surface area (Å²) in [6.45, 7) is 17.3. The van der Waals surface area contributed by atoms with Crippen molar-refractivity contribution in [2.24, 2.45) is 29.6 Å². The zero-order chi connectivity index (χ0) is 40.0. The Balaban J connectivity index is 1.23. The Morgan fingerprint density at radius 3 is 1.15 bits per heavy atom. The number of ether oxygens (including phenoxy) is 8. The number of hydrogen-bond donors (Lipinski definition) is 0. The molecule has 5 fully saturated rings. The molecule has 0 aromatic rings. The van der Waals surface area contributed by atoms with Gasteiger partial charge in [-0.15, -0.1) is 0 Å². The number of fused-ring (bicyclic) bond motifs is 8. The molecule has 12 heteroatoms. The van der Waals surface area contributed by atoms with Crippen molar-refractivity contribution in [1.29, 1.82) is 0 Å². The first-order valence-corrected chi connectivity index (χ1v) is 21.5. The normalized spacial score (nSPS) is 43.5. The zero-order valence-corrected chi connectivity index (χ0v) is 34.9. The molecule has 5 rings (SSSR count). The third-order valence-corrected chi connectivity index (χ3v) is 12.9. The number of carbonyl (C=O) groups excluding carboxylic acids is 4. The minimum Gasteiger partial charge on any atom is -0.462 e. The summed E-state index contributed by atoms with van der Waals surface area (Å²) in [5.74, 6) is -2.83. The molecule has 0 N–H and O–H groups in total. The molecule has 0 unspecified atom stereocenters. The molecule has 12 nitrogen and oxygen atoms in total. The highest BCUT2D eigenvalue weighted by atomic mass is 16.6. The van der Waals surface area contributed by atoms with E-state index in [1.54, 1.807) is 0 Å². The van der Waals surface area contributed by atoms with Crippen LogP contribution in [-0.4, -0.2) is 97.1 Å². The van der Waals surface area contributed by atoms with E-state index in [9.17, 15) is 19.2 Å². The van der Waals surface area contributed by atoms with Gasteiger partial charge in [0.2, 0.25) is 0 Å². The highest BCUT2D eigenvalue weighted by Gasteiger charge is 2.41. The van der Waals surface area contributed by atoms with E-state index in [0.29, 0.717) is 32.1 Å². The van der Waals surface area contributed by atoms with Crippen LogP contribution in [0.1, 0.15) is 146 Å². The van der Waals surface area contributed by atoms with Gasteiger partial charge in [-0.1, -0.05) is 20.8 Å². The fourth-order valence-corrected chi connectivity index (χ4v) is 8.99. The highest BCUT2D eigenvalue weighted by Crippen LogP contribution is 2.35. The monoisotopic (exact) mass is 778 g/mol. The van der Waals surface area contributed by atoms with Crippen LogP contribution >= 0.6 is 0 Å². The lowest BCUT2D eigenvalue weighted by atomic mass is 9.97. The fourth-order valence-electron chi connectivity index (χ4n) is 8.99. The molecule has 0 aromatic heterocycles. The van der Waals surface area contributed by atoms with Gasteiger partial charge in [0.25, 0.3) is 0 Å². The SMILES string of the molecule is CC[C@H]1C[C@@H]2CC[C@@H](O2)[C@@H](C)C(=O)O[C@H](C)C[C@H]2CC[C@H](O2)[C@H](C)C(=O)O[C@@H](C(C)C)C[C@@H]2CC[C@@H](O2)[C@@H](C)C(=O)O[C@H](C)C[C@H]2CC[C@H](O2)[C@H](C)C(=O)O1. The van der Waals surface area contributed by atoms with Gasteiger partial charge in [0, 0.05) is 25.7 Å². The maximum absolute atomic E-state index is 13.4. The van der Waals surface area contributed by atoms with Gasteiger partial charge >= 0.3 is 23.9 Å². The lowest BCUT2D eigenvalue weighted by Crippen LogP contribution is -2.35. The highest BCUT2D eigenvalue weighted by molar-refractivity contribution is 5.74. The summed E-state index contributed by atoms with van der Waals surface area (Å²) in [4.78, 5) is 53.2. The Morgan fingerprint density at radius 2 is 0.782 bits per heavy atom. The average Bonchev–Trinajstić information content (AvgIpc) is 3.97. The molecule has 314 valence electrons. The second kappa shape index (κ2) is 19.9. The second-order valence-corrected chi connectivity index (χ2v) is 17.8. The number of hydrogen-bond acceptors (Lipinski definition) is 12. The Kier molecular flexibility index (Phi) is 15.9. The quantitative estimate of drug-likeness (QED) is 0.210. The molecule has 5 aliphatic heterocycles. The summed E-state index contributed by atoms with van der Waals surface area (Å²) < 4.78 is 49.3. The second-order valence-electron chi connectivity index (χ2n) is 17.8. The molecule has 0 saturated carbocycles. The van der Waals surface area contributed by atoms with E-state index >= 15 is 0 Å². The van der Waals surface area contributed by atoms with Gasteiger partial charge < -0.3 is 37.9 Å². The van der Waals surface area contributed by atoms with Crippen LogP contribution in [-0.2, 0) is 57.1 Å². The zero-order valence-electron chi connectivity index (χ0n) is 34.9. The smallest absolute Gasteiger partial charge is 0.311 e. The first-order chi connectivity index (χ1) is 26.1. The van der Waals surface area contributed by atoms with E-state index in [2.05, 4.69) is 0 Å². The summed E-state index contributed by atoms with van der Waals surface area (Å²) in [5, 5.41) is 0. The minimum atomic E-state index is -0.445. The summed E-state index contributed by atoms with van der Waals surface area (Å²) in [5.41, 5.74) is 0. The third-order valence-electron chi connectivity index (χ3n) is 12.9. The minimum absolute atomic E-state index is 0.0832. The summed E-state index contributed by atoms with van der Waals surface area (Å²) >= 11 is 0. The number of esters is 4. The van der Waals surface area contributed by atoms with Crippen molar-refractivity contribution < 1.29 is 57.1 Å². The molecule has 0 amide bonds. The largest absolute Gasteiger partial charge is 0.462 e. The molecule has 5 heterocycles. The van der Waals surface area contributed by atoms with Gasteiger partial charge in [0.1, 0.15) is 24.4 Å².